The lowest BCUT2D eigenvalue weighted by molar-refractivity contribution is 0.265. The summed E-state index contributed by atoms with van der Waals surface area (Å²) in [6.07, 6.45) is 1.65. The number of hydrogen-bond acceptors (Lipinski definition) is 8. The summed E-state index contributed by atoms with van der Waals surface area (Å²) in [5.41, 5.74) is 1.71. The molecule has 1 N–H and O–H groups in total. The maximum absolute atomic E-state index is 12.0. The third-order valence-electron chi connectivity index (χ3n) is 6.73. The van der Waals surface area contributed by atoms with E-state index in [1.54, 1.807) is 32.2 Å². The fraction of sp³-hybridized carbons (Fsp3) is 0.333. The molecule has 198 valence electrons. The van der Waals surface area contributed by atoms with Gasteiger partial charge in [0.1, 0.15) is 45.2 Å². The lowest BCUT2D eigenvalue weighted by atomic mass is 10.00. The maximum Gasteiger partial charge on any atom is 0.336 e. The van der Waals surface area contributed by atoms with E-state index in [0.29, 0.717) is 52.8 Å². The van der Waals surface area contributed by atoms with Gasteiger partial charge in [0.2, 0.25) is 0 Å². The number of aryl methyl sites for hydroxylation is 1. The lowest BCUT2D eigenvalue weighted by Crippen LogP contribution is -2.05. The lowest BCUT2D eigenvalue weighted by Gasteiger charge is -2.11. The Kier molecular flexibility index (Phi) is 6.65. The van der Waals surface area contributed by atoms with E-state index in [1.165, 1.54) is 12.1 Å². The van der Waals surface area contributed by atoms with Crippen LogP contribution in [0.3, 0.4) is 0 Å². The SMILES string of the molecule is COc1c(C(C)C)oc2cc3oc(=O)ccc3cc12.Cc1cc(=O)c2c(O)c3c(cc2o1)OCC(C)CC3. The molecule has 3 aromatic heterocycles. The molecule has 0 radical (unpaired) electrons. The Balaban J connectivity index is 0.000000155. The first kappa shape index (κ1) is 25.4. The second-order valence-corrected chi connectivity index (χ2v) is 10.0. The number of rotatable bonds is 2. The van der Waals surface area contributed by atoms with E-state index in [0.717, 1.165) is 28.7 Å². The number of benzene rings is 2. The number of furan rings is 1. The first-order valence-corrected chi connectivity index (χ1v) is 12.6. The fourth-order valence-corrected chi connectivity index (χ4v) is 4.76. The largest absolute Gasteiger partial charge is 0.507 e. The third kappa shape index (κ3) is 4.62. The second kappa shape index (κ2) is 9.93. The Morgan fingerprint density at radius 1 is 1.00 bits per heavy atom. The number of fused-ring (bicyclic) bond motifs is 4. The van der Waals surface area contributed by atoms with E-state index in [-0.39, 0.29) is 28.1 Å². The molecule has 5 aromatic rings. The average molecular weight is 519 g/mol. The number of hydrogen-bond donors (Lipinski definition) is 1. The van der Waals surface area contributed by atoms with Crippen molar-refractivity contribution in [2.75, 3.05) is 13.7 Å². The molecule has 0 bridgehead atoms. The summed E-state index contributed by atoms with van der Waals surface area (Å²) in [5.74, 6) is 3.36. The van der Waals surface area contributed by atoms with Crippen LogP contribution in [0, 0.1) is 12.8 Å². The minimum absolute atomic E-state index is 0.00958. The highest BCUT2D eigenvalue weighted by molar-refractivity contribution is 5.97. The Morgan fingerprint density at radius 3 is 2.53 bits per heavy atom. The van der Waals surface area contributed by atoms with Crippen molar-refractivity contribution in [3.8, 4) is 17.2 Å². The zero-order valence-corrected chi connectivity index (χ0v) is 22.0. The summed E-state index contributed by atoms with van der Waals surface area (Å²) < 4.78 is 27.6. The number of phenols is 1. The van der Waals surface area contributed by atoms with Crippen LogP contribution in [0.2, 0.25) is 0 Å². The van der Waals surface area contributed by atoms with Gasteiger partial charge in [0.25, 0.3) is 0 Å². The van der Waals surface area contributed by atoms with E-state index in [9.17, 15) is 14.7 Å². The minimum Gasteiger partial charge on any atom is -0.507 e. The first-order valence-electron chi connectivity index (χ1n) is 12.6. The van der Waals surface area contributed by atoms with Crippen LogP contribution in [0.1, 0.15) is 50.2 Å². The Labute approximate surface area is 218 Å². The molecular weight excluding hydrogens is 488 g/mol. The van der Waals surface area contributed by atoms with Gasteiger partial charge in [-0.05, 0) is 37.8 Å². The van der Waals surface area contributed by atoms with Gasteiger partial charge >= 0.3 is 5.63 Å². The molecule has 8 nitrogen and oxygen atoms in total. The zero-order valence-electron chi connectivity index (χ0n) is 22.0. The van der Waals surface area contributed by atoms with Crippen LogP contribution < -0.4 is 20.5 Å². The molecule has 6 rings (SSSR count). The third-order valence-corrected chi connectivity index (χ3v) is 6.73. The molecule has 0 aliphatic carbocycles. The van der Waals surface area contributed by atoms with Crippen LogP contribution in [0.4, 0.5) is 0 Å². The predicted octanol–water partition coefficient (Wildman–Crippen LogP) is 6.44. The normalized spacial score (nSPS) is 15.2. The highest BCUT2D eigenvalue weighted by atomic mass is 16.5. The molecule has 1 atom stereocenters. The molecule has 0 amide bonds. The fourth-order valence-electron chi connectivity index (χ4n) is 4.76. The topological polar surface area (TPSA) is 112 Å². The van der Waals surface area contributed by atoms with Crippen molar-refractivity contribution in [3.63, 3.8) is 0 Å². The van der Waals surface area contributed by atoms with Crippen molar-refractivity contribution in [2.45, 2.75) is 46.5 Å². The summed E-state index contributed by atoms with van der Waals surface area (Å²) >= 11 is 0. The number of ether oxygens (including phenoxy) is 2. The molecule has 1 aliphatic heterocycles. The first-order chi connectivity index (χ1) is 18.2. The molecule has 2 aromatic carbocycles. The van der Waals surface area contributed by atoms with Gasteiger partial charge in [-0.2, -0.15) is 0 Å². The van der Waals surface area contributed by atoms with Crippen LogP contribution in [0.5, 0.6) is 17.2 Å². The van der Waals surface area contributed by atoms with Gasteiger partial charge in [-0.15, -0.1) is 0 Å². The minimum atomic E-state index is -0.366. The van der Waals surface area contributed by atoms with Crippen LogP contribution in [-0.2, 0) is 6.42 Å². The highest BCUT2D eigenvalue weighted by Crippen LogP contribution is 2.39. The van der Waals surface area contributed by atoms with Gasteiger partial charge in [-0.25, -0.2) is 4.79 Å². The summed E-state index contributed by atoms with van der Waals surface area (Å²) in [6, 6.07) is 9.92. The molecule has 4 heterocycles. The molecule has 0 saturated heterocycles. The molecule has 0 spiro atoms. The van der Waals surface area contributed by atoms with Crippen molar-refractivity contribution in [1.82, 2.24) is 0 Å². The molecule has 8 heteroatoms. The van der Waals surface area contributed by atoms with Crippen LogP contribution in [0.15, 0.2) is 59.2 Å². The predicted molar refractivity (Wildman–Crippen MR) is 145 cm³/mol. The summed E-state index contributed by atoms with van der Waals surface area (Å²) in [7, 11) is 1.63. The molecule has 1 aliphatic rings. The summed E-state index contributed by atoms with van der Waals surface area (Å²) in [6.45, 7) is 8.52. The highest BCUT2D eigenvalue weighted by Gasteiger charge is 2.22. The van der Waals surface area contributed by atoms with Gasteiger partial charge in [-0.3, -0.25) is 4.79 Å². The van der Waals surface area contributed by atoms with E-state index in [1.807, 2.05) is 19.9 Å². The van der Waals surface area contributed by atoms with Crippen molar-refractivity contribution < 1.29 is 27.8 Å². The van der Waals surface area contributed by atoms with Crippen LogP contribution in [0.25, 0.3) is 32.9 Å². The van der Waals surface area contributed by atoms with Crippen molar-refractivity contribution in [3.05, 3.63) is 74.1 Å². The number of aromatic hydroxyl groups is 1. The Bertz CT molecular complexity index is 1770. The quantitative estimate of drug-likeness (QED) is 0.266. The molecule has 38 heavy (non-hydrogen) atoms. The van der Waals surface area contributed by atoms with E-state index >= 15 is 0 Å². The molecule has 0 saturated carbocycles. The smallest absolute Gasteiger partial charge is 0.336 e. The van der Waals surface area contributed by atoms with E-state index < -0.39 is 0 Å². The monoisotopic (exact) mass is 518 g/mol. The maximum atomic E-state index is 12.0. The molecular formula is C30H30O8. The van der Waals surface area contributed by atoms with Gasteiger partial charge in [-0.1, -0.05) is 20.8 Å². The summed E-state index contributed by atoms with van der Waals surface area (Å²) in [5, 5.41) is 12.3. The van der Waals surface area contributed by atoms with Gasteiger partial charge in [0.15, 0.2) is 11.2 Å². The van der Waals surface area contributed by atoms with Crippen molar-refractivity contribution in [2.24, 2.45) is 5.92 Å². The van der Waals surface area contributed by atoms with Gasteiger partial charge in [0.05, 0.1) is 19.1 Å². The van der Waals surface area contributed by atoms with E-state index in [2.05, 4.69) is 6.92 Å². The summed E-state index contributed by atoms with van der Waals surface area (Å²) in [4.78, 5) is 23.2. The van der Waals surface area contributed by atoms with Crippen molar-refractivity contribution >= 4 is 32.9 Å². The standard InChI is InChI=1S/C15H14O4.C15H16O4/c1-8(2)14-15(17-3)10-6-9-4-5-13(16)18-11(9)7-12(10)19-14;1-8-3-4-10-12(18-7-8)6-13-14(15(10)17)11(16)5-9(2)19-13/h4-8H,1-3H3;5-6,8,17H,3-4,7H2,1-2H3. The Hall–Kier alpha value is -4.20. The molecule has 0 fully saturated rings. The van der Waals surface area contributed by atoms with Gasteiger partial charge in [0, 0.05) is 41.1 Å². The number of methoxy groups -OCH3 is 1. The average Bonchev–Trinajstić information content (AvgIpc) is 3.12. The molecule has 1 unspecified atom stereocenters. The Morgan fingerprint density at radius 2 is 1.79 bits per heavy atom. The van der Waals surface area contributed by atoms with E-state index in [4.69, 9.17) is 22.7 Å². The second-order valence-electron chi connectivity index (χ2n) is 10.0. The van der Waals surface area contributed by atoms with Crippen LogP contribution in [-0.4, -0.2) is 18.8 Å². The van der Waals surface area contributed by atoms with Gasteiger partial charge < -0.3 is 27.8 Å². The van der Waals surface area contributed by atoms with Crippen molar-refractivity contribution in [1.29, 1.82) is 0 Å². The zero-order chi connectivity index (χ0) is 27.1. The number of phenolic OH excluding ortho intramolecular Hbond substituents is 1. The van der Waals surface area contributed by atoms with Crippen LogP contribution >= 0.6 is 0 Å².